The summed E-state index contributed by atoms with van der Waals surface area (Å²) < 4.78 is 0. The van der Waals surface area contributed by atoms with Gasteiger partial charge in [0.15, 0.2) is 0 Å². The van der Waals surface area contributed by atoms with Gasteiger partial charge in [0.1, 0.15) is 6.20 Å². The molecule has 1 fully saturated rings. The first-order valence-corrected chi connectivity index (χ1v) is 8.32. The number of nitro groups is 1. The fourth-order valence-electron chi connectivity index (χ4n) is 2.21. The first-order valence-electron chi connectivity index (χ1n) is 7.27. The van der Waals surface area contributed by atoms with E-state index in [4.69, 9.17) is 0 Å². The van der Waals surface area contributed by atoms with Gasteiger partial charge in [-0.3, -0.25) is 10.1 Å². The average molecular weight is 311 g/mol. The Bertz CT molecular complexity index is 499. The van der Waals surface area contributed by atoms with Crippen LogP contribution in [-0.4, -0.2) is 45.5 Å². The summed E-state index contributed by atoms with van der Waals surface area (Å²) in [4.78, 5) is 21.2. The van der Waals surface area contributed by atoms with Crippen LogP contribution in [0.4, 0.5) is 17.5 Å². The molecule has 21 heavy (non-hydrogen) atoms. The summed E-state index contributed by atoms with van der Waals surface area (Å²) in [5.41, 5.74) is -0.0150. The maximum atomic E-state index is 11.2. The highest BCUT2D eigenvalue weighted by molar-refractivity contribution is 8.00. The van der Waals surface area contributed by atoms with E-state index >= 15 is 0 Å². The molecule has 1 aromatic rings. The Hall–Kier alpha value is -1.57. The second kappa shape index (κ2) is 7.44. The molecule has 1 aromatic heterocycles. The van der Waals surface area contributed by atoms with Crippen LogP contribution in [0.15, 0.2) is 6.20 Å². The molecule has 0 amide bonds. The summed E-state index contributed by atoms with van der Waals surface area (Å²) in [5, 5.41) is 14.8. The van der Waals surface area contributed by atoms with Gasteiger partial charge < -0.3 is 10.2 Å². The quantitative estimate of drug-likeness (QED) is 0.638. The van der Waals surface area contributed by atoms with E-state index in [1.54, 1.807) is 0 Å². The third kappa shape index (κ3) is 3.96. The van der Waals surface area contributed by atoms with Crippen LogP contribution in [0.3, 0.4) is 0 Å². The lowest BCUT2D eigenvalue weighted by Gasteiger charge is -2.32. The Morgan fingerprint density at radius 3 is 3.05 bits per heavy atom. The van der Waals surface area contributed by atoms with E-state index < -0.39 is 4.92 Å². The lowest BCUT2D eigenvalue weighted by atomic mass is 10.3. The Labute approximate surface area is 128 Å². The minimum Gasteiger partial charge on any atom is -0.354 e. The summed E-state index contributed by atoms with van der Waals surface area (Å²) >= 11 is 1.92. The Morgan fingerprint density at radius 1 is 1.57 bits per heavy atom. The molecule has 116 valence electrons. The number of anilines is 2. The van der Waals surface area contributed by atoms with Crippen molar-refractivity contribution >= 4 is 29.2 Å². The predicted molar refractivity (Wildman–Crippen MR) is 86.2 cm³/mol. The van der Waals surface area contributed by atoms with Crippen LogP contribution < -0.4 is 10.2 Å². The van der Waals surface area contributed by atoms with Crippen LogP contribution in [0, 0.1) is 10.1 Å². The maximum absolute atomic E-state index is 11.2. The standard InChI is InChI=1S/C13H21N5O2S/c1-3-5-14-13-15-8-11(18(19)20)12(16-13)17-6-7-21-10(4-2)9-17/h8,10H,3-7,9H2,1-2H3,(H,14,15,16). The molecule has 0 bridgehead atoms. The minimum absolute atomic E-state index is 0.0150. The molecule has 2 rings (SSSR count). The number of hydrogen-bond donors (Lipinski definition) is 1. The highest BCUT2D eigenvalue weighted by Gasteiger charge is 2.27. The number of aromatic nitrogens is 2. The van der Waals surface area contributed by atoms with Gasteiger partial charge in [-0.1, -0.05) is 13.8 Å². The van der Waals surface area contributed by atoms with Crippen LogP contribution in [0.1, 0.15) is 26.7 Å². The second-order valence-electron chi connectivity index (χ2n) is 4.93. The maximum Gasteiger partial charge on any atom is 0.329 e. The largest absolute Gasteiger partial charge is 0.354 e. The van der Waals surface area contributed by atoms with Gasteiger partial charge in [-0.2, -0.15) is 16.7 Å². The molecule has 1 aliphatic heterocycles. The van der Waals surface area contributed by atoms with Crippen molar-refractivity contribution < 1.29 is 4.92 Å². The van der Waals surface area contributed by atoms with Crippen molar-refractivity contribution in [1.29, 1.82) is 0 Å². The Balaban J connectivity index is 2.27. The molecule has 1 saturated heterocycles. The van der Waals surface area contributed by atoms with E-state index in [0.717, 1.165) is 38.2 Å². The Morgan fingerprint density at radius 2 is 2.38 bits per heavy atom. The summed E-state index contributed by atoms with van der Waals surface area (Å²) in [7, 11) is 0. The molecular formula is C13H21N5O2S. The van der Waals surface area contributed by atoms with E-state index in [0.29, 0.717) is 17.0 Å². The zero-order valence-electron chi connectivity index (χ0n) is 12.4. The summed E-state index contributed by atoms with van der Waals surface area (Å²) in [6, 6.07) is 0. The van der Waals surface area contributed by atoms with Gasteiger partial charge in [-0.15, -0.1) is 0 Å². The average Bonchev–Trinajstić information content (AvgIpc) is 2.52. The van der Waals surface area contributed by atoms with E-state index in [2.05, 4.69) is 22.2 Å². The molecule has 0 saturated carbocycles. The van der Waals surface area contributed by atoms with Crippen molar-refractivity contribution in [2.24, 2.45) is 0 Å². The Kier molecular flexibility index (Phi) is 5.60. The third-order valence-electron chi connectivity index (χ3n) is 3.37. The van der Waals surface area contributed by atoms with Crippen molar-refractivity contribution in [3.05, 3.63) is 16.3 Å². The SMILES string of the molecule is CCCNc1ncc([N+](=O)[O-])c(N2CCSC(CC)C2)n1. The molecule has 0 spiro atoms. The fraction of sp³-hybridized carbons (Fsp3) is 0.692. The van der Waals surface area contributed by atoms with Gasteiger partial charge in [0.05, 0.1) is 4.92 Å². The number of nitrogens with zero attached hydrogens (tertiary/aromatic N) is 4. The lowest BCUT2D eigenvalue weighted by Crippen LogP contribution is -2.38. The van der Waals surface area contributed by atoms with E-state index in [1.165, 1.54) is 6.20 Å². The number of hydrogen-bond acceptors (Lipinski definition) is 7. The molecule has 1 unspecified atom stereocenters. The van der Waals surface area contributed by atoms with Crippen molar-refractivity contribution in [2.75, 3.05) is 35.6 Å². The fourth-order valence-corrected chi connectivity index (χ4v) is 3.39. The second-order valence-corrected chi connectivity index (χ2v) is 6.34. The normalized spacial score (nSPS) is 18.6. The third-order valence-corrected chi connectivity index (χ3v) is 4.75. The number of thioether (sulfide) groups is 1. The summed E-state index contributed by atoms with van der Waals surface area (Å²) in [6.45, 7) is 6.53. The van der Waals surface area contributed by atoms with Crippen LogP contribution >= 0.6 is 11.8 Å². The van der Waals surface area contributed by atoms with E-state index in [9.17, 15) is 10.1 Å². The smallest absolute Gasteiger partial charge is 0.329 e. The van der Waals surface area contributed by atoms with Gasteiger partial charge in [0, 0.05) is 30.6 Å². The molecule has 0 aliphatic carbocycles. The van der Waals surface area contributed by atoms with Crippen LogP contribution in [0.2, 0.25) is 0 Å². The molecule has 1 aliphatic rings. The van der Waals surface area contributed by atoms with E-state index in [-0.39, 0.29) is 5.69 Å². The number of nitrogens with one attached hydrogen (secondary N) is 1. The van der Waals surface area contributed by atoms with Gasteiger partial charge in [-0.25, -0.2) is 4.98 Å². The summed E-state index contributed by atoms with van der Waals surface area (Å²) in [5.74, 6) is 1.87. The molecule has 8 heteroatoms. The molecular weight excluding hydrogens is 290 g/mol. The molecule has 0 aromatic carbocycles. The van der Waals surface area contributed by atoms with Crippen LogP contribution in [0.25, 0.3) is 0 Å². The molecule has 7 nitrogen and oxygen atoms in total. The van der Waals surface area contributed by atoms with Gasteiger partial charge in [0.25, 0.3) is 0 Å². The van der Waals surface area contributed by atoms with Crippen molar-refractivity contribution in [1.82, 2.24) is 9.97 Å². The topological polar surface area (TPSA) is 84.2 Å². The molecule has 1 atom stereocenters. The van der Waals surface area contributed by atoms with Gasteiger partial charge in [-0.05, 0) is 12.8 Å². The monoisotopic (exact) mass is 311 g/mol. The molecule has 0 radical (unpaired) electrons. The van der Waals surface area contributed by atoms with Crippen molar-refractivity contribution in [2.45, 2.75) is 31.9 Å². The molecule has 2 heterocycles. The zero-order valence-corrected chi connectivity index (χ0v) is 13.2. The first kappa shape index (κ1) is 15.8. The summed E-state index contributed by atoms with van der Waals surface area (Å²) in [6.07, 6.45) is 3.32. The highest BCUT2D eigenvalue weighted by atomic mass is 32.2. The van der Waals surface area contributed by atoms with Crippen LogP contribution in [0.5, 0.6) is 0 Å². The highest BCUT2D eigenvalue weighted by Crippen LogP contribution is 2.31. The number of rotatable bonds is 6. The minimum atomic E-state index is -0.401. The lowest BCUT2D eigenvalue weighted by molar-refractivity contribution is -0.384. The van der Waals surface area contributed by atoms with Crippen molar-refractivity contribution in [3.8, 4) is 0 Å². The van der Waals surface area contributed by atoms with E-state index in [1.807, 2.05) is 23.6 Å². The zero-order chi connectivity index (χ0) is 15.2. The molecule has 1 N–H and O–H groups in total. The van der Waals surface area contributed by atoms with Gasteiger partial charge in [0.2, 0.25) is 11.8 Å². The predicted octanol–water partition coefficient (Wildman–Crippen LogP) is 2.54. The van der Waals surface area contributed by atoms with Crippen LogP contribution in [-0.2, 0) is 0 Å². The van der Waals surface area contributed by atoms with Gasteiger partial charge >= 0.3 is 5.69 Å². The van der Waals surface area contributed by atoms with Crippen molar-refractivity contribution in [3.63, 3.8) is 0 Å². The first-order chi connectivity index (χ1) is 10.2.